The molecule has 0 unspecified atom stereocenters. The molecule has 0 spiro atoms. The molecular weight excluding hydrogens is 232 g/mol. The summed E-state index contributed by atoms with van der Waals surface area (Å²) in [5, 5.41) is 0. The van der Waals surface area contributed by atoms with E-state index in [9.17, 15) is 0 Å². The van der Waals surface area contributed by atoms with Gasteiger partial charge in [0.05, 0.1) is 0 Å². The van der Waals surface area contributed by atoms with Crippen LogP contribution < -0.4 is 11.5 Å². The minimum atomic E-state index is 0.696. The molecule has 0 atom stereocenters. The minimum Gasteiger partial charge on any atom is -0.330 e. The Hall–Kier alpha value is -1.64. The van der Waals surface area contributed by atoms with E-state index in [4.69, 9.17) is 11.5 Å². The number of hydrogen-bond acceptors (Lipinski definition) is 2. The highest BCUT2D eigenvalue weighted by Crippen LogP contribution is 2.18. The first-order valence-electron chi connectivity index (χ1n) is 6.89. The lowest BCUT2D eigenvalue weighted by atomic mass is 9.94. The summed E-state index contributed by atoms with van der Waals surface area (Å²) in [5.74, 6) is 0. The quantitative estimate of drug-likeness (QED) is 0.831. The molecule has 0 aliphatic heterocycles. The van der Waals surface area contributed by atoms with E-state index in [1.807, 2.05) is 0 Å². The van der Waals surface area contributed by atoms with Crippen molar-refractivity contribution in [1.82, 2.24) is 0 Å². The standard InChI is InChI=1S/C17H22N2/c18-11-9-14-5-1-3-7-16(14)13-17-8-4-2-6-15(17)10-12-19/h1-8H,9-13,18-19H2. The smallest absolute Gasteiger partial charge is 0.00203 e. The largest absolute Gasteiger partial charge is 0.330 e. The maximum Gasteiger partial charge on any atom is -0.00203 e. The fraction of sp³-hybridized carbons (Fsp3) is 0.294. The van der Waals surface area contributed by atoms with E-state index in [1.54, 1.807) is 0 Å². The van der Waals surface area contributed by atoms with Gasteiger partial charge in [0.1, 0.15) is 0 Å². The third-order valence-electron chi connectivity index (χ3n) is 3.45. The second-order valence-electron chi connectivity index (χ2n) is 4.79. The van der Waals surface area contributed by atoms with Crippen LogP contribution in [0.25, 0.3) is 0 Å². The summed E-state index contributed by atoms with van der Waals surface area (Å²) in [6, 6.07) is 17.1. The summed E-state index contributed by atoms with van der Waals surface area (Å²) in [6.07, 6.45) is 2.84. The van der Waals surface area contributed by atoms with Crippen LogP contribution in [0.15, 0.2) is 48.5 Å². The Morgan fingerprint density at radius 3 is 1.32 bits per heavy atom. The number of nitrogens with two attached hydrogens (primary N) is 2. The van der Waals surface area contributed by atoms with E-state index < -0.39 is 0 Å². The van der Waals surface area contributed by atoms with Gasteiger partial charge in [-0.3, -0.25) is 0 Å². The van der Waals surface area contributed by atoms with Crippen LogP contribution in [-0.4, -0.2) is 13.1 Å². The van der Waals surface area contributed by atoms with Gasteiger partial charge in [-0.15, -0.1) is 0 Å². The molecule has 0 saturated carbocycles. The average Bonchev–Trinajstić information content (AvgIpc) is 2.44. The lowest BCUT2D eigenvalue weighted by Crippen LogP contribution is -2.08. The molecule has 4 N–H and O–H groups in total. The molecule has 0 aromatic heterocycles. The fourth-order valence-corrected chi connectivity index (χ4v) is 2.46. The van der Waals surface area contributed by atoms with E-state index in [0.29, 0.717) is 13.1 Å². The second kappa shape index (κ2) is 7.07. The molecule has 2 aromatic carbocycles. The van der Waals surface area contributed by atoms with Crippen molar-refractivity contribution >= 4 is 0 Å². The van der Waals surface area contributed by atoms with Gasteiger partial charge in [-0.25, -0.2) is 0 Å². The molecule has 0 aliphatic carbocycles. The predicted molar refractivity (Wildman–Crippen MR) is 81.2 cm³/mol. The van der Waals surface area contributed by atoms with Crippen molar-refractivity contribution in [2.75, 3.05) is 13.1 Å². The highest BCUT2D eigenvalue weighted by atomic mass is 14.5. The number of rotatable bonds is 6. The molecular formula is C17H22N2. The van der Waals surface area contributed by atoms with Crippen LogP contribution >= 0.6 is 0 Å². The first kappa shape index (κ1) is 13.8. The van der Waals surface area contributed by atoms with E-state index in [0.717, 1.165) is 19.3 Å². The van der Waals surface area contributed by atoms with Gasteiger partial charge >= 0.3 is 0 Å². The Bertz CT molecular complexity index is 473. The Kier molecular flexibility index (Phi) is 5.13. The molecule has 0 heterocycles. The average molecular weight is 254 g/mol. The number of hydrogen-bond donors (Lipinski definition) is 2. The zero-order valence-corrected chi connectivity index (χ0v) is 11.3. The van der Waals surface area contributed by atoms with Crippen molar-refractivity contribution in [1.29, 1.82) is 0 Å². The van der Waals surface area contributed by atoms with Crippen LogP contribution in [0.1, 0.15) is 22.3 Å². The van der Waals surface area contributed by atoms with Crippen LogP contribution in [0, 0.1) is 0 Å². The van der Waals surface area contributed by atoms with Crippen molar-refractivity contribution in [3.63, 3.8) is 0 Å². The molecule has 2 nitrogen and oxygen atoms in total. The summed E-state index contributed by atoms with van der Waals surface area (Å²) in [5.41, 5.74) is 16.8. The summed E-state index contributed by atoms with van der Waals surface area (Å²) in [4.78, 5) is 0. The third-order valence-corrected chi connectivity index (χ3v) is 3.45. The van der Waals surface area contributed by atoms with E-state index in [2.05, 4.69) is 48.5 Å². The molecule has 0 amide bonds. The fourth-order valence-electron chi connectivity index (χ4n) is 2.46. The van der Waals surface area contributed by atoms with Crippen molar-refractivity contribution in [3.05, 3.63) is 70.8 Å². The van der Waals surface area contributed by atoms with Gasteiger partial charge in [-0.05, 0) is 54.6 Å². The Labute approximate surface area is 115 Å². The lowest BCUT2D eigenvalue weighted by molar-refractivity contribution is 0.926. The molecule has 2 rings (SSSR count). The van der Waals surface area contributed by atoms with Crippen molar-refractivity contribution < 1.29 is 0 Å². The summed E-state index contributed by atoms with van der Waals surface area (Å²) in [7, 11) is 0. The zero-order chi connectivity index (χ0) is 13.5. The molecule has 0 radical (unpaired) electrons. The molecule has 100 valence electrons. The van der Waals surface area contributed by atoms with Gasteiger partial charge < -0.3 is 11.5 Å². The van der Waals surface area contributed by atoms with Gasteiger partial charge in [0, 0.05) is 0 Å². The Morgan fingerprint density at radius 2 is 0.947 bits per heavy atom. The van der Waals surface area contributed by atoms with E-state index in [-0.39, 0.29) is 0 Å². The minimum absolute atomic E-state index is 0.696. The lowest BCUT2D eigenvalue weighted by Gasteiger charge is -2.12. The SMILES string of the molecule is NCCc1ccccc1Cc1ccccc1CCN. The maximum atomic E-state index is 5.68. The first-order chi connectivity index (χ1) is 9.35. The van der Waals surface area contributed by atoms with Crippen LogP contribution in [0.3, 0.4) is 0 Å². The highest BCUT2D eigenvalue weighted by molar-refractivity contribution is 5.36. The molecule has 0 bridgehead atoms. The maximum absolute atomic E-state index is 5.68. The summed E-state index contributed by atoms with van der Waals surface area (Å²) >= 11 is 0. The predicted octanol–water partition coefficient (Wildman–Crippen LogP) is 2.28. The Morgan fingerprint density at radius 1 is 0.579 bits per heavy atom. The van der Waals surface area contributed by atoms with E-state index in [1.165, 1.54) is 22.3 Å². The first-order valence-corrected chi connectivity index (χ1v) is 6.89. The molecule has 0 fully saturated rings. The molecule has 2 aromatic rings. The molecule has 0 aliphatic rings. The van der Waals surface area contributed by atoms with Crippen LogP contribution in [0.5, 0.6) is 0 Å². The molecule has 0 saturated heterocycles. The van der Waals surface area contributed by atoms with Crippen LogP contribution in [0.4, 0.5) is 0 Å². The van der Waals surface area contributed by atoms with Gasteiger partial charge in [0.15, 0.2) is 0 Å². The van der Waals surface area contributed by atoms with Crippen molar-refractivity contribution in [3.8, 4) is 0 Å². The van der Waals surface area contributed by atoms with Crippen molar-refractivity contribution in [2.24, 2.45) is 11.5 Å². The van der Waals surface area contributed by atoms with Gasteiger partial charge in [-0.2, -0.15) is 0 Å². The monoisotopic (exact) mass is 254 g/mol. The third kappa shape index (κ3) is 3.66. The molecule has 19 heavy (non-hydrogen) atoms. The van der Waals surface area contributed by atoms with Gasteiger partial charge in [0.2, 0.25) is 0 Å². The Balaban J connectivity index is 2.25. The van der Waals surface area contributed by atoms with Gasteiger partial charge in [0.25, 0.3) is 0 Å². The highest BCUT2D eigenvalue weighted by Gasteiger charge is 2.05. The normalized spacial score (nSPS) is 10.6. The van der Waals surface area contributed by atoms with Crippen molar-refractivity contribution in [2.45, 2.75) is 19.3 Å². The van der Waals surface area contributed by atoms with Crippen LogP contribution in [0.2, 0.25) is 0 Å². The second-order valence-corrected chi connectivity index (χ2v) is 4.79. The topological polar surface area (TPSA) is 52.0 Å². The van der Waals surface area contributed by atoms with Gasteiger partial charge in [-0.1, -0.05) is 48.5 Å². The summed E-state index contributed by atoms with van der Waals surface area (Å²) in [6.45, 7) is 1.39. The number of benzene rings is 2. The van der Waals surface area contributed by atoms with E-state index >= 15 is 0 Å². The summed E-state index contributed by atoms with van der Waals surface area (Å²) < 4.78 is 0. The zero-order valence-electron chi connectivity index (χ0n) is 11.3. The molecule has 2 heteroatoms. The van der Waals surface area contributed by atoms with Crippen LogP contribution in [-0.2, 0) is 19.3 Å².